The molecule has 0 amide bonds. The van der Waals surface area contributed by atoms with Crippen LogP contribution < -0.4 is 4.74 Å². The molecular formula is C22H15NO2. The van der Waals surface area contributed by atoms with Crippen LogP contribution in [0, 0.1) is 11.3 Å². The van der Waals surface area contributed by atoms with Crippen LogP contribution in [0.5, 0.6) is 11.5 Å². The average molecular weight is 325 g/mol. The molecule has 3 nitrogen and oxygen atoms in total. The number of nitriles is 1. The Morgan fingerprint density at radius 1 is 0.840 bits per heavy atom. The second kappa shape index (κ2) is 7.76. The van der Waals surface area contributed by atoms with Crippen LogP contribution in [0.1, 0.15) is 15.9 Å². The lowest BCUT2D eigenvalue weighted by atomic mass is 10.0. The first-order valence-electron chi connectivity index (χ1n) is 7.81. The van der Waals surface area contributed by atoms with Crippen molar-refractivity contribution >= 4 is 11.9 Å². The van der Waals surface area contributed by atoms with Crippen molar-refractivity contribution < 1.29 is 9.53 Å². The highest BCUT2D eigenvalue weighted by atomic mass is 16.5. The number of nitrogens with zero attached hydrogens (tertiary/aromatic N) is 1. The number of para-hydroxylation sites is 1. The van der Waals surface area contributed by atoms with E-state index in [2.05, 4.69) is 0 Å². The van der Waals surface area contributed by atoms with Gasteiger partial charge in [-0.1, -0.05) is 60.7 Å². The number of allylic oxidation sites excluding steroid dienone is 1. The van der Waals surface area contributed by atoms with Crippen molar-refractivity contribution in [1.29, 1.82) is 5.26 Å². The van der Waals surface area contributed by atoms with E-state index in [0.29, 0.717) is 11.3 Å². The highest BCUT2D eigenvalue weighted by Crippen LogP contribution is 2.23. The first-order valence-corrected chi connectivity index (χ1v) is 7.81. The van der Waals surface area contributed by atoms with Gasteiger partial charge >= 0.3 is 0 Å². The van der Waals surface area contributed by atoms with Gasteiger partial charge in [0.05, 0.1) is 0 Å². The Hall–Kier alpha value is -3.64. The Morgan fingerprint density at radius 3 is 2.16 bits per heavy atom. The topological polar surface area (TPSA) is 50.1 Å². The second-order valence-corrected chi connectivity index (χ2v) is 5.35. The number of Topliss-reactive ketones (excluding diaryl/α,β-unsaturated/α-hetero) is 1. The van der Waals surface area contributed by atoms with Gasteiger partial charge in [0.15, 0.2) is 0 Å². The third-order valence-corrected chi connectivity index (χ3v) is 3.55. The summed E-state index contributed by atoms with van der Waals surface area (Å²) in [4.78, 5) is 12.4. The summed E-state index contributed by atoms with van der Waals surface area (Å²) in [6.07, 6.45) is 1.58. The fourth-order valence-corrected chi connectivity index (χ4v) is 2.35. The zero-order chi connectivity index (χ0) is 17.5. The number of benzene rings is 3. The molecule has 3 aromatic carbocycles. The summed E-state index contributed by atoms with van der Waals surface area (Å²) in [6, 6.07) is 27.5. The molecule has 0 aliphatic heterocycles. The predicted molar refractivity (Wildman–Crippen MR) is 97.3 cm³/mol. The van der Waals surface area contributed by atoms with Gasteiger partial charge in [-0.3, -0.25) is 4.79 Å². The number of carbonyl (C=O) groups is 1. The van der Waals surface area contributed by atoms with Crippen LogP contribution >= 0.6 is 0 Å². The van der Waals surface area contributed by atoms with E-state index < -0.39 is 0 Å². The normalized spacial score (nSPS) is 10.8. The summed E-state index contributed by atoms with van der Waals surface area (Å²) in [5.41, 5.74) is 1.31. The second-order valence-electron chi connectivity index (χ2n) is 5.35. The fourth-order valence-electron chi connectivity index (χ4n) is 2.35. The van der Waals surface area contributed by atoms with Gasteiger partial charge in [-0.05, 0) is 35.9 Å². The molecule has 0 aliphatic carbocycles. The molecule has 0 aromatic heterocycles. The zero-order valence-electron chi connectivity index (χ0n) is 13.4. The van der Waals surface area contributed by atoms with Gasteiger partial charge in [0, 0.05) is 5.56 Å². The number of ether oxygens (including phenoxy) is 1. The average Bonchev–Trinajstić information content (AvgIpc) is 2.67. The van der Waals surface area contributed by atoms with Crippen LogP contribution in [0.2, 0.25) is 0 Å². The Morgan fingerprint density at radius 2 is 1.48 bits per heavy atom. The van der Waals surface area contributed by atoms with Gasteiger partial charge in [-0.15, -0.1) is 0 Å². The molecule has 3 heteroatoms. The van der Waals surface area contributed by atoms with Crippen molar-refractivity contribution in [3.63, 3.8) is 0 Å². The van der Waals surface area contributed by atoms with E-state index in [1.807, 2.05) is 60.7 Å². The smallest absolute Gasteiger partial charge is 0.203 e. The van der Waals surface area contributed by atoms with Gasteiger partial charge in [0.1, 0.15) is 23.1 Å². The van der Waals surface area contributed by atoms with Crippen LogP contribution in [0.4, 0.5) is 0 Å². The molecule has 0 N–H and O–H groups in total. The van der Waals surface area contributed by atoms with E-state index in [-0.39, 0.29) is 11.4 Å². The summed E-state index contributed by atoms with van der Waals surface area (Å²) >= 11 is 0. The van der Waals surface area contributed by atoms with Crippen LogP contribution in [0.15, 0.2) is 90.5 Å². The lowest BCUT2D eigenvalue weighted by Gasteiger charge is -2.06. The maximum absolute atomic E-state index is 12.4. The number of hydrogen-bond donors (Lipinski definition) is 0. The van der Waals surface area contributed by atoms with Crippen molar-refractivity contribution in [3.05, 3.63) is 102 Å². The molecule has 0 fully saturated rings. The minimum absolute atomic E-state index is 0.0862. The van der Waals surface area contributed by atoms with Gasteiger partial charge in [0.2, 0.25) is 5.78 Å². The SMILES string of the molecule is N#C/C(=C\c1cccc(Oc2ccccc2)c1)C(=O)c1ccccc1. The minimum Gasteiger partial charge on any atom is -0.457 e. The van der Waals surface area contributed by atoms with Gasteiger partial charge in [-0.2, -0.15) is 5.26 Å². The third-order valence-electron chi connectivity index (χ3n) is 3.55. The Bertz CT molecular complexity index is 939. The highest BCUT2D eigenvalue weighted by Gasteiger charge is 2.11. The number of carbonyl (C=O) groups excluding carboxylic acids is 1. The summed E-state index contributed by atoms with van der Waals surface area (Å²) < 4.78 is 5.78. The molecule has 0 aliphatic rings. The lowest BCUT2D eigenvalue weighted by molar-refractivity contribution is 0.104. The summed E-state index contributed by atoms with van der Waals surface area (Å²) in [6.45, 7) is 0. The minimum atomic E-state index is -0.294. The van der Waals surface area contributed by atoms with Crippen LogP contribution in [0.3, 0.4) is 0 Å². The van der Waals surface area contributed by atoms with E-state index in [4.69, 9.17) is 4.74 Å². The largest absolute Gasteiger partial charge is 0.457 e. The Balaban J connectivity index is 1.85. The molecule has 0 saturated carbocycles. The van der Waals surface area contributed by atoms with Crippen LogP contribution in [0.25, 0.3) is 6.08 Å². The van der Waals surface area contributed by atoms with E-state index in [0.717, 1.165) is 11.3 Å². The monoisotopic (exact) mass is 325 g/mol. The number of hydrogen-bond acceptors (Lipinski definition) is 3. The van der Waals surface area contributed by atoms with Crippen molar-refractivity contribution in [2.45, 2.75) is 0 Å². The van der Waals surface area contributed by atoms with Gasteiger partial charge < -0.3 is 4.74 Å². The van der Waals surface area contributed by atoms with Crippen LogP contribution in [-0.2, 0) is 0 Å². The molecule has 25 heavy (non-hydrogen) atoms. The van der Waals surface area contributed by atoms with Crippen molar-refractivity contribution in [3.8, 4) is 17.6 Å². The molecule has 0 spiro atoms. The zero-order valence-corrected chi connectivity index (χ0v) is 13.4. The van der Waals surface area contributed by atoms with Crippen molar-refractivity contribution in [1.82, 2.24) is 0 Å². The van der Waals surface area contributed by atoms with Crippen molar-refractivity contribution in [2.75, 3.05) is 0 Å². The highest BCUT2D eigenvalue weighted by molar-refractivity contribution is 6.14. The first-order chi connectivity index (χ1) is 12.3. The fraction of sp³-hybridized carbons (Fsp3) is 0. The molecule has 0 saturated heterocycles. The summed E-state index contributed by atoms with van der Waals surface area (Å²) in [7, 11) is 0. The van der Waals surface area contributed by atoms with Gasteiger partial charge in [-0.25, -0.2) is 0 Å². The van der Waals surface area contributed by atoms with E-state index in [1.54, 1.807) is 36.4 Å². The molecule has 0 heterocycles. The third kappa shape index (κ3) is 4.21. The maximum atomic E-state index is 12.4. The molecule has 3 rings (SSSR count). The van der Waals surface area contributed by atoms with E-state index in [9.17, 15) is 10.1 Å². The summed E-state index contributed by atoms with van der Waals surface area (Å²) in [5, 5.41) is 9.35. The standard InChI is InChI=1S/C22H15NO2/c23-16-19(22(24)18-9-3-1-4-10-18)14-17-8-7-13-21(15-17)25-20-11-5-2-6-12-20/h1-15H/b19-14+. The molecule has 0 atom stereocenters. The summed E-state index contributed by atoms with van der Waals surface area (Å²) in [5.74, 6) is 1.08. The Kier molecular flexibility index (Phi) is 5.04. The molecule has 0 radical (unpaired) electrons. The number of ketones is 1. The number of rotatable bonds is 5. The van der Waals surface area contributed by atoms with Crippen LogP contribution in [-0.4, -0.2) is 5.78 Å². The van der Waals surface area contributed by atoms with Crippen molar-refractivity contribution in [2.24, 2.45) is 0 Å². The van der Waals surface area contributed by atoms with Gasteiger partial charge in [0.25, 0.3) is 0 Å². The Labute approximate surface area is 146 Å². The molecule has 3 aromatic rings. The van der Waals surface area contributed by atoms with E-state index >= 15 is 0 Å². The first kappa shape index (κ1) is 16.2. The lowest BCUT2D eigenvalue weighted by Crippen LogP contribution is -2.01. The quantitative estimate of drug-likeness (QED) is 0.365. The molecule has 0 unspecified atom stereocenters. The predicted octanol–water partition coefficient (Wildman–Crippen LogP) is 5.27. The molecule has 0 bridgehead atoms. The maximum Gasteiger partial charge on any atom is 0.203 e. The molecular weight excluding hydrogens is 310 g/mol. The van der Waals surface area contributed by atoms with E-state index in [1.165, 1.54) is 0 Å². The molecule has 120 valence electrons.